The molecule has 3 heterocycles. The second-order valence-corrected chi connectivity index (χ2v) is 9.96. The lowest BCUT2D eigenvalue weighted by atomic mass is 9.86. The molecule has 0 fully saturated rings. The highest BCUT2D eigenvalue weighted by molar-refractivity contribution is 6.05. The van der Waals surface area contributed by atoms with Crippen molar-refractivity contribution in [2.24, 2.45) is 12.8 Å². The summed E-state index contributed by atoms with van der Waals surface area (Å²) < 4.78 is 19.8. The average Bonchev–Trinajstić information content (AvgIpc) is 3.22. The van der Waals surface area contributed by atoms with Gasteiger partial charge in [0.15, 0.2) is 7.05 Å². The fourth-order valence-corrected chi connectivity index (χ4v) is 4.67. The number of aliphatic hydroxyl groups excluding tert-OH is 1. The Kier molecular flexibility index (Phi) is 5.64. The van der Waals surface area contributed by atoms with Crippen LogP contribution in [0.15, 0.2) is 60.0 Å². The van der Waals surface area contributed by atoms with Gasteiger partial charge in [-0.05, 0) is 35.2 Å². The number of benzene rings is 2. The fourth-order valence-electron chi connectivity index (χ4n) is 4.67. The number of carbonyl (C=O) groups is 1. The number of nitrogens with zero attached hydrogens (tertiary/aromatic N) is 5. The number of hydrogen-bond donors (Lipinski definition) is 2. The van der Waals surface area contributed by atoms with E-state index in [1.165, 1.54) is 29.5 Å². The van der Waals surface area contributed by atoms with Gasteiger partial charge in [0.05, 0.1) is 34.0 Å². The second kappa shape index (κ2) is 8.59. The van der Waals surface area contributed by atoms with Crippen LogP contribution in [0, 0.1) is 5.82 Å². The first kappa shape index (κ1) is 24.3. The van der Waals surface area contributed by atoms with E-state index >= 15 is 4.39 Å². The van der Waals surface area contributed by atoms with Crippen LogP contribution in [0.1, 0.15) is 42.3 Å². The summed E-state index contributed by atoms with van der Waals surface area (Å²) in [5.74, 6) is -1.26. The molecule has 5 aromatic rings. The van der Waals surface area contributed by atoms with Crippen LogP contribution < -0.4 is 16.0 Å². The molecule has 0 bridgehead atoms. The van der Waals surface area contributed by atoms with Crippen molar-refractivity contribution in [3.63, 3.8) is 0 Å². The van der Waals surface area contributed by atoms with Crippen molar-refractivity contribution in [2.45, 2.75) is 32.8 Å². The molecule has 0 aliphatic rings. The van der Waals surface area contributed by atoms with Crippen LogP contribution in [0.4, 0.5) is 4.39 Å². The number of aliphatic hydroxyl groups is 1. The summed E-state index contributed by atoms with van der Waals surface area (Å²) in [4.78, 5) is 34.0. The summed E-state index contributed by atoms with van der Waals surface area (Å²) in [6, 6.07) is 8.32. The first-order valence-corrected chi connectivity index (χ1v) is 11.6. The van der Waals surface area contributed by atoms with Crippen molar-refractivity contribution in [3.05, 3.63) is 88.1 Å². The van der Waals surface area contributed by atoms with Crippen LogP contribution in [0.25, 0.3) is 33.2 Å². The molecule has 0 spiro atoms. The molecule has 188 valence electrons. The molecule has 9 nitrogen and oxygen atoms in total. The molecule has 10 heteroatoms. The Balaban J connectivity index is 1.80. The lowest BCUT2D eigenvalue weighted by Gasteiger charge is -2.20. The third kappa shape index (κ3) is 3.86. The van der Waals surface area contributed by atoms with E-state index in [-0.39, 0.29) is 16.4 Å². The maximum Gasteiger partial charge on any atom is 0.317 e. The summed E-state index contributed by atoms with van der Waals surface area (Å²) >= 11 is 0. The van der Waals surface area contributed by atoms with E-state index in [1.807, 2.05) is 26.8 Å². The van der Waals surface area contributed by atoms with Gasteiger partial charge in [-0.1, -0.05) is 31.5 Å². The molecular weight excluding hydrogens is 475 g/mol. The molecule has 0 unspecified atom stereocenters. The molecule has 0 aliphatic heterocycles. The molecule has 37 heavy (non-hydrogen) atoms. The highest BCUT2D eigenvalue weighted by atomic mass is 19.1. The molecule has 5 rings (SSSR count). The summed E-state index contributed by atoms with van der Waals surface area (Å²) in [6.45, 7) is 5.49. The zero-order valence-corrected chi connectivity index (χ0v) is 20.9. The molecule has 0 aliphatic carbocycles. The maximum absolute atomic E-state index is 15.3. The van der Waals surface area contributed by atoms with Crippen LogP contribution in [-0.4, -0.2) is 30.2 Å². The number of rotatable bonds is 4. The minimum absolute atomic E-state index is 0.0458. The van der Waals surface area contributed by atoms with Crippen LogP contribution in [-0.2, 0) is 19.1 Å². The summed E-state index contributed by atoms with van der Waals surface area (Å²) in [7, 11) is 1.68. The smallest absolute Gasteiger partial charge is 0.317 e. The highest BCUT2D eigenvalue weighted by Crippen LogP contribution is 2.29. The molecule has 3 aromatic heterocycles. The molecule has 0 radical (unpaired) electrons. The van der Waals surface area contributed by atoms with Crippen LogP contribution in [0.3, 0.4) is 0 Å². The van der Waals surface area contributed by atoms with Crippen molar-refractivity contribution >= 4 is 27.7 Å². The van der Waals surface area contributed by atoms with Gasteiger partial charge in [0.1, 0.15) is 23.5 Å². The van der Waals surface area contributed by atoms with Gasteiger partial charge in [0, 0.05) is 18.0 Å². The van der Waals surface area contributed by atoms with E-state index in [0.717, 1.165) is 5.56 Å². The Morgan fingerprint density at radius 2 is 1.95 bits per heavy atom. The third-order valence-corrected chi connectivity index (χ3v) is 6.54. The predicted molar refractivity (Wildman–Crippen MR) is 136 cm³/mol. The zero-order chi connectivity index (χ0) is 26.6. The number of amides is 1. The average molecular weight is 502 g/mol. The number of fused-ring (bicyclic) bond motifs is 2. The van der Waals surface area contributed by atoms with Gasteiger partial charge in [0.25, 0.3) is 5.91 Å². The molecule has 0 saturated heterocycles. The Bertz CT molecular complexity index is 1780. The summed E-state index contributed by atoms with van der Waals surface area (Å²) in [6.07, 6.45) is 6.04. The topological polar surface area (TPSA) is 120 Å². The van der Waals surface area contributed by atoms with Gasteiger partial charge in [-0.2, -0.15) is 0 Å². The van der Waals surface area contributed by atoms with E-state index in [1.54, 1.807) is 40.7 Å². The maximum atomic E-state index is 15.3. The highest BCUT2D eigenvalue weighted by Gasteiger charge is 2.25. The zero-order valence-electron chi connectivity index (χ0n) is 20.9. The van der Waals surface area contributed by atoms with E-state index in [9.17, 15) is 14.7 Å². The molecule has 3 N–H and O–H groups in total. The summed E-state index contributed by atoms with van der Waals surface area (Å²) in [5, 5.41) is 11.3. The first-order chi connectivity index (χ1) is 17.5. The van der Waals surface area contributed by atoms with Crippen molar-refractivity contribution in [1.82, 2.24) is 19.2 Å². The molecule has 2 aromatic carbocycles. The SMILES string of the molecule is C[n+]1cc2cc(C(C)(C)C)cc(F)c2c(=O)n1-c1cccc(-n2cc(C(N)=O)c3cncnc32)c1CO. The number of nitrogens with two attached hydrogens (primary N) is 1. The van der Waals surface area contributed by atoms with E-state index in [0.29, 0.717) is 33.4 Å². The van der Waals surface area contributed by atoms with Crippen LogP contribution in [0.2, 0.25) is 0 Å². The number of aryl methyl sites for hydroxylation is 1. The van der Waals surface area contributed by atoms with Gasteiger partial charge in [-0.3, -0.25) is 14.2 Å². The molecule has 0 atom stereocenters. The van der Waals surface area contributed by atoms with Gasteiger partial charge in [-0.15, -0.1) is 4.68 Å². The third-order valence-electron chi connectivity index (χ3n) is 6.54. The Hall–Kier alpha value is -4.44. The van der Waals surface area contributed by atoms with Crippen LogP contribution in [0.5, 0.6) is 0 Å². The molecular formula is C27H26FN6O3+. The van der Waals surface area contributed by atoms with Crippen molar-refractivity contribution in [3.8, 4) is 11.4 Å². The van der Waals surface area contributed by atoms with Crippen LogP contribution >= 0.6 is 0 Å². The standard InChI is InChI=1S/C27H25FN6O3/c1-27(2,3)16-8-15-11-32(4)34(26(37)23(15)20(28)9-16)22-7-5-6-21(19(22)13-35)33-12-18(24(29)36)17-10-30-14-31-25(17)33/h5-12,14,35H,13H2,1-4H3,(H-,29,36)/p+1. The molecule has 0 saturated carbocycles. The number of hydrogen-bond acceptors (Lipinski definition) is 5. The van der Waals surface area contributed by atoms with Gasteiger partial charge in [-0.25, -0.2) is 14.4 Å². The predicted octanol–water partition coefficient (Wildman–Crippen LogP) is 2.58. The van der Waals surface area contributed by atoms with Crippen molar-refractivity contribution in [1.29, 1.82) is 0 Å². The van der Waals surface area contributed by atoms with Crippen molar-refractivity contribution in [2.75, 3.05) is 0 Å². The minimum Gasteiger partial charge on any atom is -0.392 e. The number of aromatic nitrogens is 5. The number of carbonyl (C=O) groups excluding carboxylic acids is 1. The van der Waals surface area contributed by atoms with Crippen molar-refractivity contribution < 1.29 is 19.0 Å². The van der Waals surface area contributed by atoms with Gasteiger partial charge >= 0.3 is 5.56 Å². The fraction of sp³-hybridized carbons (Fsp3) is 0.222. The second-order valence-electron chi connectivity index (χ2n) is 9.96. The van der Waals surface area contributed by atoms with E-state index in [4.69, 9.17) is 5.73 Å². The first-order valence-electron chi connectivity index (χ1n) is 11.6. The lowest BCUT2D eigenvalue weighted by Crippen LogP contribution is -2.48. The Morgan fingerprint density at radius 1 is 1.22 bits per heavy atom. The van der Waals surface area contributed by atoms with E-state index in [2.05, 4.69) is 9.97 Å². The Morgan fingerprint density at radius 3 is 2.62 bits per heavy atom. The van der Waals surface area contributed by atoms with Gasteiger partial charge < -0.3 is 10.8 Å². The number of primary amides is 1. The Labute approximate surface area is 211 Å². The monoisotopic (exact) mass is 501 g/mol. The van der Waals surface area contributed by atoms with E-state index < -0.39 is 23.9 Å². The molecule has 1 amide bonds. The normalized spacial score (nSPS) is 11.9. The lowest BCUT2D eigenvalue weighted by molar-refractivity contribution is -0.748. The minimum atomic E-state index is -0.650. The number of halogens is 1. The quantitative estimate of drug-likeness (QED) is 0.367. The summed E-state index contributed by atoms with van der Waals surface area (Å²) in [5.41, 5.74) is 7.31. The van der Waals surface area contributed by atoms with Gasteiger partial charge in [0.2, 0.25) is 6.20 Å². The largest absolute Gasteiger partial charge is 0.392 e.